The summed E-state index contributed by atoms with van der Waals surface area (Å²) < 4.78 is 7.50. The Labute approximate surface area is 188 Å². The van der Waals surface area contributed by atoms with Crippen LogP contribution < -0.4 is 11.1 Å². The minimum atomic E-state index is 0.235. The molecule has 32 heavy (non-hydrogen) atoms. The maximum atomic E-state index is 6.16. The molecule has 0 amide bonds. The minimum absolute atomic E-state index is 0.235. The normalized spacial score (nSPS) is 14.7. The average molecular weight is 435 g/mol. The number of aryl methyl sites for hydroxylation is 2. The zero-order valence-electron chi connectivity index (χ0n) is 19.0. The van der Waals surface area contributed by atoms with Gasteiger partial charge < -0.3 is 20.7 Å². The number of nitrogens with one attached hydrogen (secondary N) is 1. The number of guanidine groups is 1. The van der Waals surface area contributed by atoms with Crippen molar-refractivity contribution in [3.8, 4) is 11.3 Å². The summed E-state index contributed by atoms with van der Waals surface area (Å²) in [6.45, 7) is 8.32. The molecule has 0 aliphatic carbocycles. The van der Waals surface area contributed by atoms with Gasteiger partial charge in [0.2, 0.25) is 5.95 Å². The van der Waals surface area contributed by atoms with Crippen LogP contribution in [0.2, 0.25) is 0 Å². The van der Waals surface area contributed by atoms with Crippen molar-refractivity contribution in [3.63, 3.8) is 0 Å². The Morgan fingerprint density at radius 2 is 2.12 bits per heavy atom. The van der Waals surface area contributed by atoms with E-state index in [9.17, 15) is 0 Å². The van der Waals surface area contributed by atoms with Crippen molar-refractivity contribution in [2.75, 3.05) is 18.4 Å². The maximum absolute atomic E-state index is 6.16. The highest BCUT2D eigenvalue weighted by Crippen LogP contribution is 2.23. The molecule has 2 aromatic heterocycles. The fourth-order valence-electron chi connectivity index (χ4n) is 3.59. The first-order valence-electron chi connectivity index (χ1n) is 10.8. The lowest BCUT2D eigenvalue weighted by molar-refractivity contribution is -0.0571. The van der Waals surface area contributed by atoms with E-state index in [2.05, 4.69) is 55.4 Å². The Kier molecular flexibility index (Phi) is 6.36. The van der Waals surface area contributed by atoms with Crippen molar-refractivity contribution in [1.82, 2.24) is 24.6 Å². The predicted octanol–water partition coefficient (Wildman–Crippen LogP) is 2.85. The number of aliphatic imine (C=N–C) groups is 1. The predicted molar refractivity (Wildman–Crippen MR) is 126 cm³/mol. The molecule has 9 heteroatoms. The maximum Gasteiger partial charge on any atom is 0.227 e. The van der Waals surface area contributed by atoms with E-state index < -0.39 is 0 Å². The first-order valence-corrected chi connectivity index (χ1v) is 10.8. The molecule has 0 bridgehead atoms. The number of anilines is 2. The van der Waals surface area contributed by atoms with Crippen molar-refractivity contribution in [2.24, 2.45) is 17.8 Å². The third-order valence-corrected chi connectivity index (χ3v) is 5.30. The van der Waals surface area contributed by atoms with Crippen LogP contribution in [0.5, 0.6) is 0 Å². The summed E-state index contributed by atoms with van der Waals surface area (Å²) in [7, 11) is 1.87. The van der Waals surface area contributed by atoms with E-state index in [1.165, 1.54) is 0 Å². The van der Waals surface area contributed by atoms with E-state index in [0.29, 0.717) is 18.5 Å². The van der Waals surface area contributed by atoms with Gasteiger partial charge in [-0.1, -0.05) is 12.1 Å². The summed E-state index contributed by atoms with van der Waals surface area (Å²) in [6, 6.07) is 8.16. The Hall–Kier alpha value is -3.46. The van der Waals surface area contributed by atoms with E-state index in [0.717, 1.165) is 41.2 Å². The summed E-state index contributed by atoms with van der Waals surface area (Å²) >= 11 is 0. The van der Waals surface area contributed by atoms with Crippen LogP contribution in [0.1, 0.15) is 25.0 Å². The molecule has 1 aromatic carbocycles. The first kappa shape index (κ1) is 21.8. The molecule has 1 aliphatic rings. The standard InChI is InChI=1S/C23H30N8O/c1-15(2)32-20-13-31(14-20)22(24)26-10-18-6-5-17(9-16(18)3)21-7-8-25-23(29-21)28-19-11-27-30(4)12-19/h5-9,11-12,15,20H,10,13-14H2,1-4H3,(H2,24,26)(H,25,28,29). The van der Waals surface area contributed by atoms with Gasteiger partial charge in [-0.25, -0.2) is 15.0 Å². The Bertz CT molecular complexity index is 1100. The second kappa shape index (κ2) is 9.35. The highest BCUT2D eigenvalue weighted by molar-refractivity contribution is 5.79. The van der Waals surface area contributed by atoms with Crippen LogP contribution in [0.3, 0.4) is 0 Å². The summed E-state index contributed by atoms with van der Waals surface area (Å²) in [5, 5.41) is 7.33. The average Bonchev–Trinajstić information content (AvgIpc) is 3.13. The lowest BCUT2D eigenvalue weighted by Crippen LogP contribution is -2.57. The number of ether oxygens (including phenoxy) is 1. The van der Waals surface area contributed by atoms with Crippen LogP contribution in [0, 0.1) is 6.92 Å². The van der Waals surface area contributed by atoms with Gasteiger partial charge in [0.15, 0.2) is 5.96 Å². The zero-order chi connectivity index (χ0) is 22.7. The highest BCUT2D eigenvalue weighted by Gasteiger charge is 2.29. The molecule has 0 spiro atoms. The molecule has 168 valence electrons. The molecule has 9 nitrogen and oxygen atoms in total. The fraction of sp³-hybridized carbons (Fsp3) is 0.391. The summed E-state index contributed by atoms with van der Waals surface area (Å²) in [6.07, 6.45) is 5.84. The topological polar surface area (TPSA) is 106 Å². The summed E-state index contributed by atoms with van der Waals surface area (Å²) in [4.78, 5) is 15.6. The smallest absolute Gasteiger partial charge is 0.227 e. The third kappa shape index (κ3) is 5.23. The summed E-state index contributed by atoms with van der Waals surface area (Å²) in [5.74, 6) is 1.10. The van der Waals surface area contributed by atoms with Crippen LogP contribution in [-0.2, 0) is 18.3 Å². The molecule has 0 saturated carbocycles. The van der Waals surface area contributed by atoms with Crippen LogP contribution in [0.4, 0.5) is 11.6 Å². The van der Waals surface area contributed by atoms with Crippen molar-refractivity contribution in [2.45, 2.75) is 39.5 Å². The van der Waals surface area contributed by atoms with E-state index >= 15 is 0 Å². The molecule has 1 saturated heterocycles. The SMILES string of the molecule is Cc1cc(-c2ccnc(Nc3cnn(C)c3)n2)ccc1CN=C(N)N1CC(OC(C)C)C1. The fourth-order valence-corrected chi connectivity index (χ4v) is 3.59. The number of benzene rings is 1. The molecule has 3 aromatic rings. The Balaban J connectivity index is 1.40. The van der Waals surface area contributed by atoms with Gasteiger partial charge in [-0.3, -0.25) is 4.68 Å². The second-order valence-electron chi connectivity index (χ2n) is 8.32. The number of likely N-dealkylation sites (tertiary alicyclic amines) is 1. The molecular formula is C23H30N8O. The van der Waals surface area contributed by atoms with Gasteiger partial charge in [0.05, 0.1) is 36.3 Å². The van der Waals surface area contributed by atoms with Gasteiger partial charge in [-0.05, 0) is 44.0 Å². The highest BCUT2D eigenvalue weighted by atomic mass is 16.5. The van der Waals surface area contributed by atoms with Gasteiger partial charge in [-0.2, -0.15) is 5.10 Å². The van der Waals surface area contributed by atoms with Crippen LogP contribution in [0.25, 0.3) is 11.3 Å². The Morgan fingerprint density at radius 3 is 2.81 bits per heavy atom. The van der Waals surface area contributed by atoms with Crippen molar-refractivity contribution < 1.29 is 4.74 Å². The summed E-state index contributed by atoms with van der Waals surface area (Å²) in [5.41, 5.74) is 11.2. The largest absolute Gasteiger partial charge is 0.372 e. The third-order valence-electron chi connectivity index (χ3n) is 5.30. The van der Waals surface area contributed by atoms with E-state index in [1.54, 1.807) is 17.1 Å². The number of nitrogens with two attached hydrogens (primary N) is 1. The first-order chi connectivity index (χ1) is 15.4. The van der Waals surface area contributed by atoms with Crippen LogP contribution in [-0.4, -0.2) is 55.9 Å². The van der Waals surface area contributed by atoms with Crippen molar-refractivity contribution in [3.05, 3.63) is 54.0 Å². The van der Waals surface area contributed by atoms with Crippen LogP contribution >= 0.6 is 0 Å². The molecule has 0 radical (unpaired) electrons. The van der Waals surface area contributed by atoms with Gasteiger partial charge in [0.25, 0.3) is 0 Å². The van der Waals surface area contributed by atoms with Gasteiger partial charge >= 0.3 is 0 Å². The zero-order valence-corrected chi connectivity index (χ0v) is 19.0. The molecule has 1 aliphatic heterocycles. The molecule has 3 N–H and O–H groups in total. The second-order valence-corrected chi connectivity index (χ2v) is 8.32. The number of rotatable bonds is 7. The van der Waals surface area contributed by atoms with Crippen molar-refractivity contribution in [1.29, 1.82) is 0 Å². The minimum Gasteiger partial charge on any atom is -0.372 e. The van der Waals surface area contributed by atoms with Gasteiger partial charge in [0, 0.05) is 38.1 Å². The molecule has 4 rings (SSSR count). The van der Waals surface area contributed by atoms with Gasteiger partial charge in [-0.15, -0.1) is 0 Å². The monoisotopic (exact) mass is 434 g/mol. The van der Waals surface area contributed by atoms with E-state index in [1.807, 2.05) is 33.2 Å². The van der Waals surface area contributed by atoms with Crippen LogP contribution in [0.15, 0.2) is 47.8 Å². The number of nitrogens with zero attached hydrogens (tertiary/aromatic N) is 6. The van der Waals surface area contributed by atoms with Crippen molar-refractivity contribution >= 4 is 17.6 Å². The lowest BCUT2D eigenvalue weighted by Gasteiger charge is -2.40. The number of hydrogen-bond acceptors (Lipinski definition) is 6. The number of aromatic nitrogens is 4. The quantitative estimate of drug-likeness (QED) is 0.435. The molecule has 0 unspecified atom stereocenters. The van der Waals surface area contributed by atoms with E-state index in [4.69, 9.17) is 10.5 Å². The number of hydrogen-bond donors (Lipinski definition) is 2. The molecule has 3 heterocycles. The van der Waals surface area contributed by atoms with E-state index in [-0.39, 0.29) is 12.2 Å². The molecule has 0 atom stereocenters. The lowest BCUT2D eigenvalue weighted by atomic mass is 10.0. The van der Waals surface area contributed by atoms with Gasteiger partial charge in [0.1, 0.15) is 0 Å². The Morgan fingerprint density at radius 1 is 1.31 bits per heavy atom. The molecular weight excluding hydrogens is 404 g/mol. The molecule has 1 fully saturated rings.